The lowest BCUT2D eigenvalue weighted by atomic mass is 9.77. The van der Waals surface area contributed by atoms with Gasteiger partial charge in [0.05, 0.1) is 0 Å². The number of primary amides is 1. The van der Waals surface area contributed by atoms with Gasteiger partial charge in [0, 0.05) is 13.1 Å². The second-order valence-corrected chi connectivity index (χ2v) is 5.62. The topological polar surface area (TPSA) is 58.4 Å². The molecule has 1 amide bonds. The second kappa shape index (κ2) is 5.72. The summed E-state index contributed by atoms with van der Waals surface area (Å²) in [5.74, 6) is -0.235. The molecule has 1 aliphatic carbocycles. The van der Waals surface area contributed by atoms with Gasteiger partial charge in [-0.25, -0.2) is 0 Å². The van der Waals surface area contributed by atoms with Crippen molar-refractivity contribution in [3.8, 4) is 0 Å². The van der Waals surface area contributed by atoms with Crippen molar-refractivity contribution < 1.29 is 4.79 Å². The summed E-state index contributed by atoms with van der Waals surface area (Å²) in [4.78, 5) is 14.0. The quantitative estimate of drug-likeness (QED) is 0.814. The number of likely N-dealkylation sites (N-methyl/N-ethyl adjacent to an activating group) is 1. The Morgan fingerprint density at radius 2 is 2.05 bits per heavy atom. The summed E-state index contributed by atoms with van der Waals surface area (Å²) < 4.78 is 0. The number of hydrogen-bond donors (Lipinski definition) is 2. The second-order valence-electron chi connectivity index (χ2n) is 5.62. The summed E-state index contributed by atoms with van der Waals surface area (Å²) in [5.41, 5.74) is 7.66. The van der Waals surface area contributed by atoms with Gasteiger partial charge in [0.15, 0.2) is 0 Å². The Labute approximate surface area is 115 Å². The van der Waals surface area contributed by atoms with Crippen molar-refractivity contribution >= 4 is 5.91 Å². The van der Waals surface area contributed by atoms with Crippen LogP contribution in [0.1, 0.15) is 17.5 Å². The van der Waals surface area contributed by atoms with Crippen LogP contribution in [-0.2, 0) is 17.6 Å². The molecule has 0 bridgehead atoms. The van der Waals surface area contributed by atoms with Crippen molar-refractivity contribution in [1.29, 1.82) is 0 Å². The van der Waals surface area contributed by atoms with Crippen molar-refractivity contribution in [1.82, 2.24) is 10.2 Å². The molecule has 0 fully saturated rings. The van der Waals surface area contributed by atoms with E-state index in [1.807, 2.05) is 20.2 Å². The number of hydrogen-bond acceptors (Lipinski definition) is 3. The van der Waals surface area contributed by atoms with E-state index in [1.165, 1.54) is 11.1 Å². The first-order valence-electron chi connectivity index (χ1n) is 6.80. The predicted molar refractivity (Wildman–Crippen MR) is 76.9 cm³/mol. The van der Waals surface area contributed by atoms with Crippen LogP contribution in [0, 0.1) is 0 Å². The number of aryl methyl sites for hydroxylation is 1. The van der Waals surface area contributed by atoms with Gasteiger partial charge < -0.3 is 16.0 Å². The average Bonchev–Trinajstić information content (AvgIpc) is 2.38. The monoisotopic (exact) mass is 261 g/mol. The van der Waals surface area contributed by atoms with E-state index in [1.54, 1.807) is 0 Å². The number of fused-ring (bicyclic) bond motifs is 1. The third kappa shape index (κ3) is 3.14. The molecule has 104 valence electrons. The summed E-state index contributed by atoms with van der Waals surface area (Å²) in [7, 11) is 4.05. The van der Waals surface area contributed by atoms with Crippen LogP contribution in [0.5, 0.6) is 0 Å². The Balaban J connectivity index is 2.12. The van der Waals surface area contributed by atoms with Gasteiger partial charge >= 0.3 is 0 Å². The highest BCUT2D eigenvalue weighted by Crippen LogP contribution is 2.28. The molecule has 1 aromatic carbocycles. The summed E-state index contributed by atoms with van der Waals surface area (Å²) in [6.07, 6.45) is 2.40. The minimum absolute atomic E-state index is 0.235. The Kier molecular flexibility index (Phi) is 4.22. The summed E-state index contributed by atoms with van der Waals surface area (Å²) >= 11 is 0. The first-order valence-corrected chi connectivity index (χ1v) is 6.80. The third-order valence-electron chi connectivity index (χ3n) is 3.93. The summed E-state index contributed by atoms with van der Waals surface area (Å²) in [6.45, 7) is 1.68. The molecule has 0 aromatic heterocycles. The van der Waals surface area contributed by atoms with Gasteiger partial charge in [-0.15, -0.1) is 0 Å². The van der Waals surface area contributed by atoms with E-state index in [2.05, 4.69) is 28.4 Å². The van der Waals surface area contributed by atoms with Crippen LogP contribution in [0.25, 0.3) is 0 Å². The number of rotatable bonds is 5. The molecule has 0 heterocycles. The number of carbonyl (C=O) groups excluding carboxylic acids is 1. The Hall–Kier alpha value is -1.39. The van der Waals surface area contributed by atoms with Crippen LogP contribution >= 0.6 is 0 Å². The van der Waals surface area contributed by atoms with Gasteiger partial charge in [-0.05, 0) is 44.5 Å². The predicted octanol–water partition coefficient (Wildman–Crippen LogP) is 0.551. The number of amides is 1. The smallest absolute Gasteiger partial charge is 0.238 e. The van der Waals surface area contributed by atoms with E-state index < -0.39 is 5.54 Å². The van der Waals surface area contributed by atoms with E-state index in [9.17, 15) is 4.79 Å². The first kappa shape index (κ1) is 14.0. The number of nitrogens with one attached hydrogen (secondary N) is 1. The van der Waals surface area contributed by atoms with Gasteiger partial charge in [0.1, 0.15) is 5.54 Å². The van der Waals surface area contributed by atoms with Crippen LogP contribution < -0.4 is 11.1 Å². The van der Waals surface area contributed by atoms with Crippen molar-refractivity contribution in [3.63, 3.8) is 0 Å². The Morgan fingerprint density at radius 3 is 2.68 bits per heavy atom. The molecule has 1 aromatic rings. The highest BCUT2D eigenvalue weighted by molar-refractivity contribution is 5.85. The fourth-order valence-electron chi connectivity index (χ4n) is 2.70. The van der Waals surface area contributed by atoms with Gasteiger partial charge in [0.25, 0.3) is 0 Å². The molecule has 0 saturated heterocycles. The Bertz CT molecular complexity index is 458. The van der Waals surface area contributed by atoms with Crippen LogP contribution in [0.2, 0.25) is 0 Å². The number of nitrogens with two attached hydrogens (primary N) is 1. The van der Waals surface area contributed by atoms with Crippen LogP contribution in [-0.4, -0.2) is 43.5 Å². The van der Waals surface area contributed by atoms with E-state index >= 15 is 0 Å². The molecule has 0 aliphatic heterocycles. The molecular formula is C15H23N3O. The molecule has 0 spiro atoms. The minimum atomic E-state index is -0.579. The standard InChI is InChI=1S/C15H23N3O/c1-18(2)10-9-17-15(14(16)19)8-7-12-5-3-4-6-13(12)11-15/h3-6,17H,7-11H2,1-2H3,(H2,16,19). The number of nitrogens with zero attached hydrogens (tertiary/aromatic N) is 1. The molecule has 4 nitrogen and oxygen atoms in total. The molecule has 1 atom stereocenters. The molecule has 0 radical (unpaired) electrons. The third-order valence-corrected chi connectivity index (χ3v) is 3.93. The van der Waals surface area contributed by atoms with Gasteiger partial charge in [-0.3, -0.25) is 4.79 Å². The SMILES string of the molecule is CN(C)CCNC1(C(N)=O)CCc2ccccc2C1. The fraction of sp³-hybridized carbons (Fsp3) is 0.533. The lowest BCUT2D eigenvalue weighted by molar-refractivity contribution is -0.125. The van der Waals surface area contributed by atoms with Gasteiger partial charge in [-0.1, -0.05) is 24.3 Å². The van der Waals surface area contributed by atoms with Crippen molar-refractivity contribution in [2.45, 2.75) is 24.8 Å². The molecular weight excluding hydrogens is 238 g/mol. The minimum Gasteiger partial charge on any atom is -0.368 e. The van der Waals surface area contributed by atoms with Crippen molar-refractivity contribution in [3.05, 3.63) is 35.4 Å². The largest absolute Gasteiger partial charge is 0.368 e. The lowest BCUT2D eigenvalue weighted by Gasteiger charge is -2.36. The molecule has 0 saturated carbocycles. The number of carbonyl (C=O) groups is 1. The first-order chi connectivity index (χ1) is 9.03. The van der Waals surface area contributed by atoms with Crippen molar-refractivity contribution in [2.75, 3.05) is 27.2 Å². The maximum absolute atomic E-state index is 11.9. The zero-order valence-corrected chi connectivity index (χ0v) is 11.8. The maximum Gasteiger partial charge on any atom is 0.238 e. The highest BCUT2D eigenvalue weighted by Gasteiger charge is 2.39. The molecule has 19 heavy (non-hydrogen) atoms. The molecule has 4 heteroatoms. The van der Waals surface area contributed by atoms with E-state index in [4.69, 9.17) is 5.73 Å². The zero-order valence-electron chi connectivity index (χ0n) is 11.8. The van der Waals surface area contributed by atoms with E-state index in [-0.39, 0.29) is 5.91 Å². The lowest BCUT2D eigenvalue weighted by Crippen LogP contribution is -2.59. The average molecular weight is 261 g/mol. The van der Waals surface area contributed by atoms with E-state index in [0.717, 1.165) is 25.9 Å². The zero-order chi connectivity index (χ0) is 13.9. The van der Waals surface area contributed by atoms with Gasteiger partial charge in [0.2, 0.25) is 5.91 Å². The molecule has 1 unspecified atom stereocenters. The van der Waals surface area contributed by atoms with Crippen LogP contribution in [0.4, 0.5) is 0 Å². The summed E-state index contributed by atoms with van der Waals surface area (Å²) in [5, 5.41) is 3.39. The fourth-order valence-corrected chi connectivity index (χ4v) is 2.70. The van der Waals surface area contributed by atoms with Crippen LogP contribution in [0.3, 0.4) is 0 Å². The Morgan fingerprint density at radius 1 is 1.37 bits per heavy atom. The molecule has 3 N–H and O–H groups in total. The maximum atomic E-state index is 11.9. The van der Waals surface area contributed by atoms with Crippen LogP contribution in [0.15, 0.2) is 24.3 Å². The normalized spacial score (nSPS) is 22.3. The number of benzene rings is 1. The van der Waals surface area contributed by atoms with Crippen molar-refractivity contribution in [2.24, 2.45) is 5.73 Å². The van der Waals surface area contributed by atoms with Gasteiger partial charge in [-0.2, -0.15) is 0 Å². The van der Waals surface area contributed by atoms with E-state index in [0.29, 0.717) is 6.42 Å². The molecule has 2 rings (SSSR count). The highest BCUT2D eigenvalue weighted by atomic mass is 16.1. The summed E-state index contributed by atoms with van der Waals surface area (Å²) in [6, 6.07) is 8.31. The molecule has 1 aliphatic rings.